The van der Waals surface area contributed by atoms with Gasteiger partial charge in [-0.05, 0) is 35.2 Å². The van der Waals surface area contributed by atoms with Gasteiger partial charge in [0.15, 0.2) is 5.16 Å². The zero-order valence-corrected chi connectivity index (χ0v) is 12.3. The van der Waals surface area contributed by atoms with Gasteiger partial charge in [-0.2, -0.15) is 5.26 Å². The van der Waals surface area contributed by atoms with Crippen molar-refractivity contribution in [1.29, 1.82) is 5.26 Å². The molecule has 1 aromatic carbocycles. The van der Waals surface area contributed by atoms with Gasteiger partial charge in [-0.15, -0.1) is 11.3 Å². The molecule has 7 heteroatoms. The van der Waals surface area contributed by atoms with Gasteiger partial charge in [0.2, 0.25) is 0 Å². The quantitative estimate of drug-likeness (QED) is 0.590. The van der Waals surface area contributed by atoms with Gasteiger partial charge >= 0.3 is 0 Å². The Balaban J connectivity index is 1.87. The van der Waals surface area contributed by atoms with E-state index in [1.54, 1.807) is 0 Å². The third kappa shape index (κ3) is 2.82. The maximum absolute atomic E-state index is 13.3. The minimum atomic E-state index is -0.362. The molecular formula is C14H9FN4S2. The number of nitriles is 1. The first-order valence-corrected chi connectivity index (χ1v) is 7.86. The number of hydrogen-bond donors (Lipinski definition) is 1. The highest BCUT2D eigenvalue weighted by Gasteiger charge is 2.09. The summed E-state index contributed by atoms with van der Waals surface area (Å²) >= 11 is 2.82. The summed E-state index contributed by atoms with van der Waals surface area (Å²) in [4.78, 5) is 9.45. The lowest BCUT2D eigenvalue weighted by Gasteiger charge is -2.04. The van der Waals surface area contributed by atoms with Crippen molar-refractivity contribution in [3.8, 4) is 6.07 Å². The molecule has 0 saturated heterocycles. The summed E-state index contributed by atoms with van der Waals surface area (Å²) in [5, 5.41) is 12.3. The second kappa shape index (κ2) is 5.68. The van der Waals surface area contributed by atoms with E-state index < -0.39 is 0 Å². The number of anilines is 1. The number of halogens is 1. The Morgan fingerprint density at radius 2 is 2.19 bits per heavy atom. The Morgan fingerprint density at radius 3 is 3.00 bits per heavy atom. The molecule has 0 fully saturated rings. The molecule has 0 amide bonds. The molecule has 0 unspecified atom stereocenters. The fourth-order valence-electron chi connectivity index (χ4n) is 1.86. The van der Waals surface area contributed by atoms with E-state index in [1.807, 2.05) is 11.4 Å². The van der Waals surface area contributed by atoms with Gasteiger partial charge in [0.05, 0.1) is 17.0 Å². The molecule has 3 aromatic rings. The van der Waals surface area contributed by atoms with Crippen molar-refractivity contribution < 1.29 is 4.39 Å². The number of fused-ring (bicyclic) bond motifs is 1. The van der Waals surface area contributed by atoms with E-state index >= 15 is 0 Å². The van der Waals surface area contributed by atoms with Crippen LogP contribution in [0, 0.1) is 17.1 Å². The highest BCUT2D eigenvalue weighted by Crippen LogP contribution is 2.28. The summed E-state index contributed by atoms with van der Waals surface area (Å²) in [5.41, 5.74) is 6.95. The number of thiophene rings is 1. The average molecular weight is 316 g/mol. The molecule has 2 N–H and O–H groups in total. The lowest BCUT2D eigenvalue weighted by molar-refractivity contribution is 0.626. The van der Waals surface area contributed by atoms with E-state index in [0.29, 0.717) is 27.9 Å². The van der Waals surface area contributed by atoms with Crippen LogP contribution in [0.25, 0.3) is 10.2 Å². The van der Waals surface area contributed by atoms with Crippen LogP contribution in [0.15, 0.2) is 34.8 Å². The third-order valence-electron chi connectivity index (χ3n) is 2.88. The van der Waals surface area contributed by atoms with Crippen LogP contribution in [0.1, 0.15) is 11.1 Å². The molecule has 0 atom stereocenters. The van der Waals surface area contributed by atoms with Gasteiger partial charge < -0.3 is 5.73 Å². The fraction of sp³-hybridized carbons (Fsp3) is 0.0714. The molecule has 104 valence electrons. The number of thioether (sulfide) groups is 1. The van der Waals surface area contributed by atoms with Crippen LogP contribution in [0.2, 0.25) is 0 Å². The normalized spacial score (nSPS) is 10.7. The number of aromatic nitrogens is 2. The van der Waals surface area contributed by atoms with Crippen LogP contribution in [0.3, 0.4) is 0 Å². The third-order valence-corrected chi connectivity index (χ3v) is 4.58. The maximum atomic E-state index is 13.3. The van der Waals surface area contributed by atoms with E-state index in [-0.39, 0.29) is 5.82 Å². The van der Waals surface area contributed by atoms with Gasteiger partial charge in [-0.25, -0.2) is 14.4 Å². The molecule has 0 aliphatic heterocycles. The van der Waals surface area contributed by atoms with Gasteiger partial charge in [0.25, 0.3) is 0 Å². The van der Waals surface area contributed by atoms with Crippen LogP contribution in [-0.4, -0.2) is 9.97 Å². The van der Waals surface area contributed by atoms with Crippen molar-refractivity contribution >= 4 is 39.1 Å². The Hall–Kier alpha value is -2.17. The van der Waals surface area contributed by atoms with Gasteiger partial charge in [-0.3, -0.25) is 0 Å². The molecule has 0 spiro atoms. The Bertz CT molecular complexity index is 854. The van der Waals surface area contributed by atoms with E-state index in [0.717, 1.165) is 10.2 Å². The largest absolute Gasteiger partial charge is 0.383 e. The van der Waals surface area contributed by atoms with Crippen LogP contribution in [0.5, 0.6) is 0 Å². The first kappa shape index (κ1) is 13.8. The first-order valence-electron chi connectivity index (χ1n) is 5.99. The van der Waals surface area contributed by atoms with E-state index in [4.69, 9.17) is 11.0 Å². The molecule has 0 aliphatic carbocycles. The van der Waals surface area contributed by atoms with Crippen molar-refractivity contribution in [3.05, 3.63) is 46.6 Å². The predicted octanol–water partition coefficient (Wildman–Crippen LogP) is 3.58. The minimum Gasteiger partial charge on any atom is -0.383 e. The van der Waals surface area contributed by atoms with Crippen LogP contribution in [0.4, 0.5) is 10.2 Å². The lowest BCUT2D eigenvalue weighted by atomic mass is 10.1. The number of rotatable bonds is 3. The van der Waals surface area contributed by atoms with Crippen LogP contribution >= 0.6 is 23.1 Å². The van der Waals surface area contributed by atoms with Crippen molar-refractivity contribution in [2.45, 2.75) is 10.9 Å². The van der Waals surface area contributed by atoms with Gasteiger partial charge in [0.1, 0.15) is 16.5 Å². The topological polar surface area (TPSA) is 75.6 Å². The summed E-state index contributed by atoms with van der Waals surface area (Å²) in [7, 11) is 0. The first-order chi connectivity index (χ1) is 10.2. The summed E-state index contributed by atoms with van der Waals surface area (Å²) in [6, 6.07) is 8.04. The van der Waals surface area contributed by atoms with Crippen molar-refractivity contribution in [2.75, 3.05) is 5.73 Å². The predicted molar refractivity (Wildman–Crippen MR) is 82.5 cm³/mol. The average Bonchev–Trinajstić information content (AvgIpc) is 2.94. The summed E-state index contributed by atoms with van der Waals surface area (Å²) < 4.78 is 13.3. The van der Waals surface area contributed by atoms with Crippen molar-refractivity contribution in [2.24, 2.45) is 0 Å². The Morgan fingerprint density at radius 1 is 1.33 bits per heavy atom. The standard InChI is InChI=1S/C14H9FN4S2/c15-10-2-1-8(6-16)9(5-10)7-21-14-18-12(17)11-3-4-20-13(11)19-14/h1-5H,7H2,(H2,17,18,19). The molecule has 0 radical (unpaired) electrons. The maximum Gasteiger partial charge on any atom is 0.191 e. The van der Waals surface area contributed by atoms with E-state index in [1.165, 1.54) is 41.3 Å². The number of nitrogens with zero attached hydrogens (tertiary/aromatic N) is 3. The van der Waals surface area contributed by atoms with Crippen LogP contribution in [-0.2, 0) is 5.75 Å². The highest BCUT2D eigenvalue weighted by molar-refractivity contribution is 7.98. The molecule has 0 aliphatic rings. The van der Waals surface area contributed by atoms with Crippen molar-refractivity contribution in [3.63, 3.8) is 0 Å². The smallest absolute Gasteiger partial charge is 0.191 e. The molecule has 2 aromatic heterocycles. The zero-order valence-electron chi connectivity index (χ0n) is 10.7. The zero-order chi connectivity index (χ0) is 14.8. The summed E-state index contributed by atoms with van der Waals surface area (Å²) in [6.07, 6.45) is 0. The SMILES string of the molecule is N#Cc1ccc(F)cc1CSc1nc(N)c2ccsc2n1. The number of benzene rings is 1. The summed E-state index contributed by atoms with van der Waals surface area (Å²) in [6.45, 7) is 0. The minimum absolute atomic E-state index is 0.362. The Kier molecular flexibility index (Phi) is 3.73. The van der Waals surface area contributed by atoms with E-state index in [9.17, 15) is 4.39 Å². The summed E-state index contributed by atoms with van der Waals surface area (Å²) in [5.74, 6) is 0.485. The number of hydrogen-bond acceptors (Lipinski definition) is 6. The molecule has 3 rings (SSSR count). The molecule has 4 nitrogen and oxygen atoms in total. The number of nitrogens with two attached hydrogens (primary N) is 1. The fourth-order valence-corrected chi connectivity index (χ4v) is 3.53. The van der Waals surface area contributed by atoms with Gasteiger partial charge in [-0.1, -0.05) is 11.8 Å². The molecule has 2 heterocycles. The molecule has 0 saturated carbocycles. The highest BCUT2D eigenvalue weighted by atomic mass is 32.2. The molecule has 21 heavy (non-hydrogen) atoms. The van der Waals surface area contributed by atoms with Crippen molar-refractivity contribution in [1.82, 2.24) is 9.97 Å². The number of nitrogen functional groups attached to an aromatic ring is 1. The van der Waals surface area contributed by atoms with E-state index in [2.05, 4.69) is 16.0 Å². The molecular weight excluding hydrogens is 307 g/mol. The Labute approximate surface area is 128 Å². The van der Waals surface area contributed by atoms with Gasteiger partial charge in [0, 0.05) is 5.75 Å². The second-order valence-corrected chi connectivity index (χ2v) is 6.07. The van der Waals surface area contributed by atoms with Crippen LogP contribution < -0.4 is 5.73 Å². The monoisotopic (exact) mass is 316 g/mol. The lowest BCUT2D eigenvalue weighted by Crippen LogP contribution is -1.96. The molecule has 0 bridgehead atoms. The second-order valence-electron chi connectivity index (χ2n) is 4.23.